The second-order valence-corrected chi connectivity index (χ2v) is 18.2. The zero-order valence-electron chi connectivity index (χ0n) is 36.2. The number of amides is 2. The van der Waals surface area contributed by atoms with Gasteiger partial charge in [-0.25, -0.2) is 9.13 Å². The fourth-order valence-electron chi connectivity index (χ4n) is 8.14. The van der Waals surface area contributed by atoms with E-state index in [-0.39, 0.29) is 24.9 Å². The molecule has 0 aliphatic carbocycles. The van der Waals surface area contributed by atoms with Crippen LogP contribution in [0.4, 0.5) is 5.69 Å². The molecule has 0 spiro atoms. The quantitative estimate of drug-likeness (QED) is 0.0350. The van der Waals surface area contributed by atoms with Gasteiger partial charge >= 0.3 is 0 Å². The molecule has 0 aliphatic rings. The van der Waals surface area contributed by atoms with Crippen LogP contribution in [0, 0.1) is 13.8 Å². The number of fused-ring (bicyclic) bond motifs is 3. The number of hydrogen-bond acceptors (Lipinski definition) is 6. The molecule has 1 unspecified atom stereocenters. The summed E-state index contributed by atoms with van der Waals surface area (Å²) in [6.45, 7) is 7.95. The van der Waals surface area contributed by atoms with Gasteiger partial charge in [0.1, 0.15) is 18.8 Å². The van der Waals surface area contributed by atoms with Gasteiger partial charge in [-0.15, -0.1) is 0 Å². The number of para-hydroxylation sites is 5. The first-order valence-corrected chi connectivity index (χ1v) is 23.2. The largest absolute Gasteiger partial charge is 0.354 e. The van der Waals surface area contributed by atoms with Gasteiger partial charge in [0.25, 0.3) is 5.82 Å². The summed E-state index contributed by atoms with van der Waals surface area (Å²) in [5.41, 5.74) is 9.42. The van der Waals surface area contributed by atoms with Gasteiger partial charge in [-0.2, -0.15) is 0 Å². The Hall–Kier alpha value is -5.69. The topological polar surface area (TPSA) is 92.1 Å². The second-order valence-electron chi connectivity index (χ2n) is 15.5. The maximum atomic E-state index is 13.2. The number of imidazole rings is 1. The molecule has 10 nitrogen and oxygen atoms in total. The zero-order chi connectivity index (χ0) is 43.1. The van der Waals surface area contributed by atoms with Crippen molar-refractivity contribution in [2.75, 3.05) is 43.6 Å². The van der Waals surface area contributed by atoms with Gasteiger partial charge in [0.15, 0.2) is 11.0 Å². The Bertz CT molecular complexity index is 2690. The van der Waals surface area contributed by atoms with Crippen molar-refractivity contribution in [2.45, 2.75) is 39.5 Å². The molecule has 2 amide bonds. The predicted octanol–water partition coefficient (Wildman–Crippen LogP) is 8.10. The normalized spacial score (nSPS) is 12.9. The number of likely N-dealkylation sites (N-methyl/N-ethyl adjacent to an activating group) is 2. The van der Waals surface area contributed by atoms with Gasteiger partial charge in [-0.05, 0) is 76.4 Å². The molecule has 61 heavy (non-hydrogen) atoms. The van der Waals surface area contributed by atoms with Crippen molar-refractivity contribution in [3.63, 3.8) is 0 Å². The van der Waals surface area contributed by atoms with E-state index in [9.17, 15) is 9.59 Å². The molecule has 3 heterocycles. The average Bonchev–Trinajstić information content (AvgIpc) is 3.80. The number of rotatable bonds is 18. The molecule has 316 valence electrons. The van der Waals surface area contributed by atoms with Crippen molar-refractivity contribution in [2.24, 2.45) is 14.1 Å². The first-order valence-electron chi connectivity index (χ1n) is 20.7. The highest BCUT2D eigenvalue weighted by molar-refractivity contribution is 8.76. The highest BCUT2D eigenvalue weighted by Crippen LogP contribution is 2.30. The molecular weight excluding hydrogens is 797 g/mol. The van der Waals surface area contributed by atoms with Crippen molar-refractivity contribution in [1.82, 2.24) is 29.7 Å². The Labute approximate surface area is 367 Å². The van der Waals surface area contributed by atoms with Crippen molar-refractivity contribution < 1.29 is 14.2 Å². The molecule has 0 bridgehead atoms. The van der Waals surface area contributed by atoms with E-state index >= 15 is 0 Å². The lowest BCUT2D eigenvalue weighted by Crippen LogP contribution is -2.52. The number of nitrogens with one attached hydrogen (secondary N) is 3. The summed E-state index contributed by atoms with van der Waals surface area (Å²) in [4.78, 5) is 28.6. The second kappa shape index (κ2) is 19.4. The smallest absolute Gasteiger partial charge is 0.281 e. The summed E-state index contributed by atoms with van der Waals surface area (Å²) in [7, 11) is 11.6. The lowest BCUT2D eigenvalue weighted by Gasteiger charge is -2.38. The molecule has 7 rings (SSSR count). The molecule has 1 atom stereocenters. The third-order valence-electron chi connectivity index (χ3n) is 11.9. The van der Waals surface area contributed by atoms with Crippen LogP contribution in [-0.2, 0) is 36.8 Å². The van der Waals surface area contributed by atoms with Gasteiger partial charge < -0.3 is 24.7 Å². The number of nitrogens with zero attached hydrogens (tertiary/aromatic N) is 5. The van der Waals surface area contributed by atoms with E-state index in [1.165, 1.54) is 11.0 Å². The highest BCUT2D eigenvalue weighted by Gasteiger charge is 2.25. The van der Waals surface area contributed by atoms with E-state index in [2.05, 4.69) is 166 Å². The minimum Gasteiger partial charge on any atom is -0.354 e. The van der Waals surface area contributed by atoms with E-state index < -0.39 is 5.66 Å². The van der Waals surface area contributed by atoms with Crippen LogP contribution in [0.15, 0.2) is 109 Å². The minimum absolute atomic E-state index is 0.0145. The number of hydrogen-bond donors (Lipinski definition) is 3. The lowest BCUT2D eigenvalue weighted by atomic mass is 10.1. The van der Waals surface area contributed by atoms with E-state index in [0.29, 0.717) is 13.1 Å². The van der Waals surface area contributed by atoms with E-state index in [0.717, 1.165) is 67.3 Å². The lowest BCUT2D eigenvalue weighted by molar-refractivity contribution is -0.647. The minimum atomic E-state index is -0.436. The van der Waals surface area contributed by atoms with Crippen LogP contribution < -0.4 is 25.4 Å². The van der Waals surface area contributed by atoms with Gasteiger partial charge in [0.05, 0.1) is 14.1 Å². The molecule has 4 aromatic carbocycles. The first-order chi connectivity index (χ1) is 29.5. The monoisotopic (exact) mass is 853 g/mol. The molecule has 7 aromatic rings. The van der Waals surface area contributed by atoms with Crippen LogP contribution in [0.1, 0.15) is 35.3 Å². The van der Waals surface area contributed by atoms with Crippen LogP contribution in [0.2, 0.25) is 0 Å². The maximum absolute atomic E-state index is 13.2. The number of carbonyl (C=O) groups excluding carboxylic acids is 2. The van der Waals surface area contributed by atoms with E-state index in [4.69, 9.17) is 0 Å². The molecule has 0 fully saturated rings. The van der Waals surface area contributed by atoms with Crippen LogP contribution >= 0.6 is 21.6 Å². The number of benzene rings is 4. The Morgan fingerprint density at radius 1 is 0.705 bits per heavy atom. The maximum Gasteiger partial charge on any atom is 0.281 e. The van der Waals surface area contributed by atoms with Crippen molar-refractivity contribution >= 4 is 90.2 Å². The number of carbonyl (C=O) groups is 2. The highest BCUT2D eigenvalue weighted by atomic mass is 33.1. The number of aryl methyl sites for hydroxylation is 2. The summed E-state index contributed by atoms with van der Waals surface area (Å²) in [6.07, 6.45) is 8.69. The van der Waals surface area contributed by atoms with Gasteiger partial charge in [-0.1, -0.05) is 94.4 Å². The van der Waals surface area contributed by atoms with Gasteiger partial charge in [-0.3, -0.25) is 14.9 Å². The van der Waals surface area contributed by atoms with Crippen molar-refractivity contribution in [1.29, 1.82) is 0 Å². The number of anilines is 1. The van der Waals surface area contributed by atoms with Gasteiger partial charge in [0, 0.05) is 87.7 Å². The summed E-state index contributed by atoms with van der Waals surface area (Å²) in [6, 6.07) is 35.3. The van der Waals surface area contributed by atoms with Crippen LogP contribution in [-0.4, -0.2) is 69.9 Å². The fourth-order valence-corrected chi connectivity index (χ4v) is 9.95. The molecular formula is C49H57N8O2S2+. The van der Waals surface area contributed by atoms with E-state index in [1.807, 2.05) is 49.5 Å². The number of aromatic nitrogens is 4. The zero-order valence-corrected chi connectivity index (χ0v) is 37.9. The Balaban J connectivity index is 0.875. The van der Waals surface area contributed by atoms with Crippen LogP contribution in [0.3, 0.4) is 0 Å². The molecule has 0 radical (unpaired) electrons. The Morgan fingerprint density at radius 2 is 1.20 bits per heavy atom. The van der Waals surface area contributed by atoms with Crippen molar-refractivity contribution in [3.8, 4) is 0 Å². The molecule has 0 aliphatic heterocycles. The molecule has 0 saturated heterocycles. The van der Waals surface area contributed by atoms with Crippen LogP contribution in [0.25, 0.3) is 51.1 Å². The van der Waals surface area contributed by atoms with Crippen molar-refractivity contribution in [3.05, 3.63) is 138 Å². The molecule has 12 heteroatoms. The SMILES string of the molecule is CNC(C)(/C=C/c1c(C)n(CC(=O)NCCSSCCNC(=O)Cn2c(C)c(/C=C/c3n(C)c4ccccc4[n+]3C)c3ccccc32)c2ccccc12)N(C)c1ccccc1. The van der Waals surface area contributed by atoms with Crippen LogP contribution in [0.5, 0.6) is 0 Å². The fraction of sp³-hybridized carbons (Fsp3) is 0.286. The standard InChI is InChI=1S/C49H56N8O2S2/c1-35-38(25-26-48-53(5)44-23-15-16-24-45(44)54(48)6)40-19-11-13-21-42(40)56(35)33-46(58)51-29-31-60-61-32-30-52-47(59)34-57-36(2)39(41-20-12-14-22-43(41)57)27-28-49(3,50-4)55(7)37-17-9-8-10-18-37/h8-28,50H,29-34H2,1-7H3,(H-,51,52,58,59)/p+1/b28-27+. The molecule has 3 N–H and O–H groups in total. The summed E-state index contributed by atoms with van der Waals surface area (Å²) in [5, 5.41) is 11.9. The molecule has 0 saturated carbocycles. The third kappa shape index (κ3) is 9.31. The Kier molecular flexibility index (Phi) is 13.8. The predicted molar refractivity (Wildman–Crippen MR) is 259 cm³/mol. The first kappa shape index (κ1) is 43.4. The summed E-state index contributed by atoms with van der Waals surface area (Å²) < 4.78 is 8.62. The summed E-state index contributed by atoms with van der Waals surface area (Å²) >= 11 is 0. The average molecular weight is 854 g/mol. The Morgan fingerprint density at radius 3 is 1.74 bits per heavy atom. The summed E-state index contributed by atoms with van der Waals surface area (Å²) in [5.74, 6) is 2.59. The van der Waals surface area contributed by atoms with Gasteiger partial charge in [0.2, 0.25) is 11.8 Å². The molecule has 3 aromatic heterocycles. The third-order valence-corrected chi connectivity index (χ3v) is 14.3. The van der Waals surface area contributed by atoms with E-state index in [1.54, 1.807) is 21.6 Å².